The van der Waals surface area contributed by atoms with Gasteiger partial charge in [-0.3, -0.25) is 9.59 Å². The van der Waals surface area contributed by atoms with E-state index in [2.05, 4.69) is 15.5 Å². The van der Waals surface area contributed by atoms with Crippen LogP contribution in [0.4, 0.5) is 0 Å². The summed E-state index contributed by atoms with van der Waals surface area (Å²) in [6.07, 6.45) is 2.09. The molecule has 1 aromatic heterocycles. The van der Waals surface area contributed by atoms with Crippen LogP contribution >= 0.6 is 12.2 Å². The van der Waals surface area contributed by atoms with Gasteiger partial charge in [0.15, 0.2) is 5.11 Å². The highest BCUT2D eigenvalue weighted by Gasteiger charge is 2.35. The number of thiocarbonyl (C=S) groups is 1. The fourth-order valence-electron chi connectivity index (χ4n) is 4.01. The minimum atomic E-state index is -0.0685. The highest BCUT2D eigenvalue weighted by atomic mass is 32.1. The Bertz CT molecular complexity index is 764. The molecule has 0 saturated carbocycles. The van der Waals surface area contributed by atoms with Crippen molar-refractivity contribution in [2.24, 2.45) is 5.92 Å². The number of nitrogens with zero attached hydrogens (tertiary/aromatic N) is 2. The Kier molecular flexibility index (Phi) is 7.07. The van der Waals surface area contributed by atoms with Crippen molar-refractivity contribution in [1.29, 1.82) is 0 Å². The quantitative estimate of drug-likeness (QED) is 0.521. The number of hydrogen-bond acceptors (Lipinski definition) is 4. The number of rotatable bonds is 7. The van der Waals surface area contributed by atoms with Crippen molar-refractivity contribution in [2.45, 2.75) is 45.3 Å². The number of likely N-dealkylation sites (tertiary alicyclic amines) is 1. The first-order valence-corrected chi connectivity index (χ1v) is 10.5. The fraction of sp³-hybridized carbons (Fsp3) is 0.650. The predicted octanol–water partition coefficient (Wildman–Crippen LogP) is 1.07. The lowest BCUT2D eigenvalue weighted by molar-refractivity contribution is -0.120. The number of fused-ring (bicyclic) bond motifs is 4. The van der Waals surface area contributed by atoms with Crippen molar-refractivity contribution in [3.05, 3.63) is 34.2 Å². The number of piperidine rings is 1. The van der Waals surface area contributed by atoms with Crippen LogP contribution in [0.5, 0.6) is 0 Å². The largest absolute Gasteiger partial charge is 0.379 e. The molecule has 28 heavy (non-hydrogen) atoms. The van der Waals surface area contributed by atoms with Gasteiger partial charge in [-0.25, -0.2) is 0 Å². The maximum atomic E-state index is 12.1. The number of amides is 1. The van der Waals surface area contributed by atoms with Crippen molar-refractivity contribution in [2.75, 3.05) is 32.8 Å². The molecule has 2 N–H and O–H groups in total. The summed E-state index contributed by atoms with van der Waals surface area (Å²) < 4.78 is 7.36. The van der Waals surface area contributed by atoms with Crippen LogP contribution in [-0.4, -0.2) is 59.4 Å². The van der Waals surface area contributed by atoms with Crippen molar-refractivity contribution >= 4 is 23.2 Å². The molecule has 2 bridgehead atoms. The van der Waals surface area contributed by atoms with E-state index >= 15 is 0 Å². The van der Waals surface area contributed by atoms with Gasteiger partial charge in [-0.1, -0.05) is 6.07 Å². The summed E-state index contributed by atoms with van der Waals surface area (Å²) in [6, 6.07) is 5.50. The molecule has 3 heterocycles. The van der Waals surface area contributed by atoms with Gasteiger partial charge in [0.2, 0.25) is 5.91 Å². The highest BCUT2D eigenvalue weighted by Crippen LogP contribution is 2.34. The van der Waals surface area contributed by atoms with Gasteiger partial charge in [-0.15, -0.1) is 0 Å². The molecule has 1 amide bonds. The lowest BCUT2D eigenvalue weighted by Crippen LogP contribution is -2.52. The molecule has 0 aromatic carbocycles. The van der Waals surface area contributed by atoms with Gasteiger partial charge in [-0.2, -0.15) is 0 Å². The van der Waals surface area contributed by atoms with E-state index in [-0.39, 0.29) is 24.1 Å². The second-order valence-corrected chi connectivity index (χ2v) is 8.27. The van der Waals surface area contributed by atoms with Gasteiger partial charge in [0.25, 0.3) is 5.56 Å². The molecule has 8 heteroatoms. The Labute approximate surface area is 171 Å². The Morgan fingerprint density at radius 3 is 2.89 bits per heavy atom. The molecule has 0 radical (unpaired) electrons. The molecule has 1 aromatic rings. The molecule has 0 spiro atoms. The SMILES string of the molecule is CC(C)OCCCNC(=O)CNC(=S)N1CC2CC(C1)c1cccc(=O)n1C2. The second-order valence-electron chi connectivity index (χ2n) is 7.88. The van der Waals surface area contributed by atoms with Crippen molar-refractivity contribution in [3.63, 3.8) is 0 Å². The number of nitrogens with one attached hydrogen (secondary N) is 2. The summed E-state index contributed by atoms with van der Waals surface area (Å²) in [7, 11) is 0. The van der Waals surface area contributed by atoms with E-state index in [9.17, 15) is 9.59 Å². The molecular formula is C20H30N4O3S. The van der Waals surface area contributed by atoms with Crippen LogP contribution in [-0.2, 0) is 16.1 Å². The lowest BCUT2D eigenvalue weighted by Gasteiger charge is -2.43. The maximum absolute atomic E-state index is 12.1. The van der Waals surface area contributed by atoms with E-state index in [1.807, 2.05) is 30.5 Å². The third-order valence-corrected chi connectivity index (χ3v) is 5.66. The van der Waals surface area contributed by atoms with Crippen LogP contribution in [0.25, 0.3) is 0 Å². The van der Waals surface area contributed by atoms with Crippen LogP contribution in [0, 0.1) is 5.92 Å². The molecular weight excluding hydrogens is 376 g/mol. The molecule has 2 atom stereocenters. The molecule has 2 aliphatic heterocycles. The Morgan fingerprint density at radius 1 is 1.29 bits per heavy atom. The summed E-state index contributed by atoms with van der Waals surface area (Å²) in [5, 5.41) is 6.57. The first-order chi connectivity index (χ1) is 13.4. The van der Waals surface area contributed by atoms with Crippen LogP contribution in [0.15, 0.2) is 23.0 Å². The standard InChI is InChI=1S/C20H30N4O3S/c1-14(2)27-8-4-7-21-18(25)10-22-20(28)23-11-15-9-16(13-23)17-5-3-6-19(26)24(17)12-15/h3,5-6,14-16H,4,7-13H2,1-2H3,(H,21,25)(H,22,28). The summed E-state index contributed by atoms with van der Waals surface area (Å²) in [6.45, 7) is 7.74. The average Bonchev–Trinajstić information content (AvgIpc) is 2.66. The first-order valence-electron chi connectivity index (χ1n) is 10.0. The normalized spacial score (nSPS) is 20.6. The number of carbonyl (C=O) groups excluding carboxylic acids is 1. The number of hydrogen-bond donors (Lipinski definition) is 2. The van der Waals surface area contributed by atoms with Gasteiger partial charge in [0.05, 0.1) is 12.6 Å². The Balaban J connectivity index is 1.44. The van der Waals surface area contributed by atoms with Gasteiger partial charge in [-0.05, 0) is 50.9 Å². The van der Waals surface area contributed by atoms with Gasteiger partial charge >= 0.3 is 0 Å². The lowest BCUT2D eigenvalue weighted by atomic mass is 9.83. The predicted molar refractivity (Wildman–Crippen MR) is 112 cm³/mol. The summed E-state index contributed by atoms with van der Waals surface area (Å²) in [4.78, 5) is 26.2. The molecule has 0 aliphatic carbocycles. The van der Waals surface area contributed by atoms with Gasteiger partial charge in [0, 0.05) is 50.5 Å². The third-order valence-electron chi connectivity index (χ3n) is 5.26. The van der Waals surface area contributed by atoms with E-state index < -0.39 is 0 Å². The molecule has 154 valence electrons. The smallest absolute Gasteiger partial charge is 0.250 e. The zero-order chi connectivity index (χ0) is 20.1. The van der Waals surface area contributed by atoms with Crippen molar-refractivity contribution < 1.29 is 9.53 Å². The monoisotopic (exact) mass is 406 g/mol. The molecule has 3 rings (SSSR count). The molecule has 2 unspecified atom stereocenters. The minimum Gasteiger partial charge on any atom is -0.379 e. The minimum absolute atomic E-state index is 0.0685. The van der Waals surface area contributed by atoms with E-state index in [1.54, 1.807) is 6.07 Å². The number of carbonyl (C=O) groups is 1. The molecule has 1 fully saturated rings. The maximum Gasteiger partial charge on any atom is 0.250 e. The van der Waals surface area contributed by atoms with Crippen molar-refractivity contribution in [3.8, 4) is 0 Å². The van der Waals surface area contributed by atoms with Crippen LogP contribution in [0.3, 0.4) is 0 Å². The summed E-state index contributed by atoms with van der Waals surface area (Å²) in [5.74, 6) is 0.637. The average molecular weight is 407 g/mol. The molecule has 1 saturated heterocycles. The molecule has 7 nitrogen and oxygen atoms in total. The topological polar surface area (TPSA) is 75.6 Å². The number of pyridine rings is 1. The van der Waals surface area contributed by atoms with Crippen LogP contribution in [0.1, 0.15) is 38.3 Å². The van der Waals surface area contributed by atoms with E-state index in [4.69, 9.17) is 17.0 Å². The zero-order valence-corrected chi connectivity index (χ0v) is 17.5. The fourth-order valence-corrected chi connectivity index (χ4v) is 4.23. The van der Waals surface area contributed by atoms with E-state index in [1.165, 1.54) is 0 Å². The Hall–Kier alpha value is -1.93. The van der Waals surface area contributed by atoms with E-state index in [0.717, 1.165) is 38.2 Å². The van der Waals surface area contributed by atoms with Gasteiger partial charge in [0.1, 0.15) is 0 Å². The van der Waals surface area contributed by atoms with Gasteiger partial charge < -0.3 is 24.8 Å². The summed E-state index contributed by atoms with van der Waals surface area (Å²) in [5.41, 5.74) is 1.18. The van der Waals surface area contributed by atoms with E-state index in [0.29, 0.717) is 30.1 Å². The van der Waals surface area contributed by atoms with Crippen LogP contribution < -0.4 is 16.2 Å². The third kappa shape index (κ3) is 5.32. The first kappa shape index (κ1) is 20.8. The molecule has 2 aliphatic rings. The van der Waals surface area contributed by atoms with Crippen molar-refractivity contribution in [1.82, 2.24) is 20.1 Å². The second kappa shape index (κ2) is 9.52. The number of aromatic nitrogens is 1. The highest BCUT2D eigenvalue weighted by molar-refractivity contribution is 7.80. The summed E-state index contributed by atoms with van der Waals surface area (Å²) >= 11 is 5.52. The zero-order valence-electron chi connectivity index (χ0n) is 16.6. The number of ether oxygens (including phenoxy) is 1. The van der Waals surface area contributed by atoms with Crippen LogP contribution in [0.2, 0.25) is 0 Å². The Morgan fingerprint density at radius 2 is 2.11 bits per heavy atom.